The van der Waals surface area contributed by atoms with E-state index in [0.717, 1.165) is 38.9 Å². The van der Waals surface area contributed by atoms with E-state index in [0.29, 0.717) is 0 Å². The molecule has 5 aromatic rings. The number of aromatic amines is 1. The SMILES string of the molecule is CC(c1ccc(F)c(Cl)c1)n1ccc(-c2ccc3[nH]nc(-c4cnn(C)c4)c3c2)cc1=O. The third-order valence-electron chi connectivity index (χ3n) is 5.67. The number of aryl methyl sites for hydroxylation is 1. The van der Waals surface area contributed by atoms with Crippen LogP contribution in [0.5, 0.6) is 0 Å². The van der Waals surface area contributed by atoms with Crippen LogP contribution in [-0.4, -0.2) is 24.5 Å². The summed E-state index contributed by atoms with van der Waals surface area (Å²) in [5.74, 6) is -0.481. The monoisotopic (exact) mass is 447 g/mol. The van der Waals surface area contributed by atoms with Crippen molar-refractivity contribution < 1.29 is 4.39 Å². The molecule has 1 unspecified atom stereocenters. The highest BCUT2D eigenvalue weighted by Gasteiger charge is 2.14. The molecule has 0 saturated carbocycles. The van der Waals surface area contributed by atoms with Crippen LogP contribution in [0.25, 0.3) is 33.3 Å². The van der Waals surface area contributed by atoms with Gasteiger partial charge in [-0.15, -0.1) is 0 Å². The van der Waals surface area contributed by atoms with E-state index in [1.54, 1.807) is 39.8 Å². The molecule has 1 atom stereocenters. The highest BCUT2D eigenvalue weighted by Crippen LogP contribution is 2.30. The summed E-state index contributed by atoms with van der Waals surface area (Å²) in [6, 6.07) is 13.6. The quantitative estimate of drug-likeness (QED) is 0.412. The summed E-state index contributed by atoms with van der Waals surface area (Å²) < 4.78 is 16.8. The first-order chi connectivity index (χ1) is 15.4. The maximum absolute atomic E-state index is 13.5. The number of rotatable bonds is 4. The number of aromatic nitrogens is 5. The summed E-state index contributed by atoms with van der Waals surface area (Å²) >= 11 is 5.91. The number of halogens is 2. The Morgan fingerprint density at radius 2 is 1.88 bits per heavy atom. The number of H-pyrrole nitrogens is 1. The molecule has 2 aromatic carbocycles. The van der Waals surface area contributed by atoms with Crippen molar-refractivity contribution in [2.45, 2.75) is 13.0 Å². The molecule has 0 spiro atoms. The van der Waals surface area contributed by atoms with Gasteiger partial charge in [0.05, 0.1) is 22.8 Å². The fourth-order valence-corrected chi connectivity index (χ4v) is 4.07. The smallest absolute Gasteiger partial charge is 0.251 e. The number of hydrogen-bond acceptors (Lipinski definition) is 3. The molecule has 1 N–H and O–H groups in total. The van der Waals surface area contributed by atoms with Crippen LogP contribution in [0.2, 0.25) is 5.02 Å². The summed E-state index contributed by atoms with van der Waals surface area (Å²) in [7, 11) is 1.86. The van der Waals surface area contributed by atoms with E-state index in [-0.39, 0.29) is 16.6 Å². The molecule has 32 heavy (non-hydrogen) atoms. The predicted octanol–water partition coefficient (Wildman–Crippen LogP) is 5.19. The van der Waals surface area contributed by atoms with E-state index < -0.39 is 5.82 Å². The average Bonchev–Trinajstić information content (AvgIpc) is 3.40. The zero-order valence-corrected chi connectivity index (χ0v) is 18.1. The van der Waals surface area contributed by atoms with Crippen LogP contribution < -0.4 is 5.56 Å². The largest absolute Gasteiger partial charge is 0.308 e. The van der Waals surface area contributed by atoms with Gasteiger partial charge in [0, 0.05) is 36.5 Å². The number of fused-ring (bicyclic) bond motifs is 1. The molecule has 0 fully saturated rings. The van der Waals surface area contributed by atoms with Crippen LogP contribution in [0.15, 0.2) is 71.9 Å². The maximum atomic E-state index is 13.5. The van der Waals surface area contributed by atoms with Gasteiger partial charge in [0.2, 0.25) is 0 Å². The molecule has 0 amide bonds. The second-order valence-corrected chi connectivity index (χ2v) is 8.15. The standard InChI is InChI=1S/C24H19ClFN5O/c1-14(15-3-5-21(26)20(25)10-15)31-8-7-17(11-23(31)32)16-4-6-22-19(9-16)24(29-28-22)18-12-27-30(2)13-18/h3-14H,1-2H3,(H,28,29). The van der Waals surface area contributed by atoms with Gasteiger partial charge in [0.25, 0.3) is 5.56 Å². The maximum Gasteiger partial charge on any atom is 0.251 e. The Bertz CT molecular complexity index is 1520. The number of nitrogens with one attached hydrogen (secondary N) is 1. The normalized spacial score (nSPS) is 12.4. The average molecular weight is 448 g/mol. The lowest BCUT2D eigenvalue weighted by Gasteiger charge is -2.16. The minimum atomic E-state index is -0.481. The Labute approximate surface area is 187 Å². The van der Waals surface area contributed by atoms with Crippen LogP contribution in [0, 0.1) is 5.82 Å². The zero-order chi connectivity index (χ0) is 22.4. The Morgan fingerprint density at radius 3 is 2.59 bits per heavy atom. The van der Waals surface area contributed by atoms with Gasteiger partial charge in [-0.05, 0) is 53.9 Å². The molecule has 0 aliphatic heterocycles. The minimum Gasteiger partial charge on any atom is -0.308 e. The Balaban J connectivity index is 1.52. The molecule has 0 aliphatic carbocycles. The third kappa shape index (κ3) is 3.50. The van der Waals surface area contributed by atoms with Crippen molar-refractivity contribution in [3.63, 3.8) is 0 Å². The van der Waals surface area contributed by atoms with Gasteiger partial charge in [0.1, 0.15) is 11.5 Å². The summed E-state index contributed by atoms with van der Waals surface area (Å²) in [5, 5.41) is 12.7. The fourth-order valence-electron chi connectivity index (χ4n) is 3.88. The van der Waals surface area contributed by atoms with Gasteiger partial charge in [-0.1, -0.05) is 23.7 Å². The van der Waals surface area contributed by atoms with E-state index in [1.165, 1.54) is 6.07 Å². The van der Waals surface area contributed by atoms with E-state index in [9.17, 15) is 9.18 Å². The van der Waals surface area contributed by atoms with Crippen molar-refractivity contribution in [3.8, 4) is 22.4 Å². The summed E-state index contributed by atoms with van der Waals surface area (Å²) in [6.45, 7) is 1.88. The molecule has 5 rings (SSSR count). The van der Waals surface area contributed by atoms with Crippen LogP contribution in [0.1, 0.15) is 18.5 Å². The van der Waals surface area contributed by atoms with E-state index in [1.807, 2.05) is 44.4 Å². The number of pyridine rings is 1. The number of nitrogens with zero attached hydrogens (tertiary/aromatic N) is 4. The van der Waals surface area contributed by atoms with E-state index >= 15 is 0 Å². The van der Waals surface area contributed by atoms with E-state index in [2.05, 4.69) is 15.3 Å². The third-order valence-corrected chi connectivity index (χ3v) is 5.96. The molecule has 0 aliphatic rings. The number of benzene rings is 2. The summed E-state index contributed by atoms with van der Waals surface area (Å²) in [6.07, 6.45) is 5.43. The molecule has 160 valence electrons. The van der Waals surface area contributed by atoms with Gasteiger partial charge < -0.3 is 4.57 Å². The summed E-state index contributed by atoms with van der Waals surface area (Å²) in [4.78, 5) is 12.9. The molecule has 0 radical (unpaired) electrons. The Morgan fingerprint density at radius 1 is 1.06 bits per heavy atom. The zero-order valence-electron chi connectivity index (χ0n) is 17.4. The first-order valence-corrected chi connectivity index (χ1v) is 10.4. The Kier molecular flexibility index (Phi) is 4.90. The first-order valence-electron chi connectivity index (χ1n) is 10.1. The second-order valence-electron chi connectivity index (χ2n) is 7.75. The van der Waals surface area contributed by atoms with Gasteiger partial charge in [-0.3, -0.25) is 14.6 Å². The molecule has 8 heteroatoms. The Hall–Kier alpha value is -3.71. The lowest BCUT2D eigenvalue weighted by Crippen LogP contribution is -2.22. The van der Waals surface area contributed by atoms with Crippen molar-refractivity contribution in [3.05, 3.63) is 93.9 Å². The van der Waals surface area contributed by atoms with Crippen LogP contribution in [-0.2, 0) is 7.05 Å². The number of hydrogen-bond donors (Lipinski definition) is 1. The highest BCUT2D eigenvalue weighted by molar-refractivity contribution is 6.30. The fraction of sp³-hybridized carbons (Fsp3) is 0.125. The van der Waals surface area contributed by atoms with Crippen molar-refractivity contribution in [1.82, 2.24) is 24.5 Å². The molecule has 6 nitrogen and oxygen atoms in total. The first kappa shape index (κ1) is 20.2. The van der Waals surface area contributed by atoms with Crippen molar-refractivity contribution >= 4 is 22.5 Å². The van der Waals surface area contributed by atoms with Gasteiger partial charge in [0.15, 0.2) is 0 Å². The van der Waals surface area contributed by atoms with Gasteiger partial charge in [-0.2, -0.15) is 10.2 Å². The van der Waals surface area contributed by atoms with Gasteiger partial charge >= 0.3 is 0 Å². The molecular formula is C24H19ClFN5O. The van der Waals surface area contributed by atoms with Crippen molar-refractivity contribution in [2.75, 3.05) is 0 Å². The van der Waals surface area contributed by atoms with Crippen molar-refractivity contribution in [1.29, 1.82) is 0 Å². The topological polar surface area (TPSA) is 68.5 Å². The van der Waals surface area contributed by atoms with Crippen LogP contribution in [0.3, 0.4) is 0 Å². The summed E-state index contributed by atoms with van der Waals surface area (Å²) in [5.41, 5.74) is 4.94. The predicted molar refractivity (Wildman–Crippen MR) is 123 cm³/mol. The van der Waals surface area contributed by atoms with Crippen LogP contribution in [0.4, 0.5) is 4.39 Å². The van der Waals surface area contributed by atoms with Crippen LogP contribution >= 0.6 is 11.6 Å². The van der Waals surface area contributed by atoms with E-state index in [4.69, 9.17) is 11.6 Å². The molecule has 0 bridgehead atoms. The minimum absolute atomic E-state index is 0.0388. The molecular weight excluding hydrogens is 429 g/mol. The van der Waals surface area contributed by atoms with Crippen molar-refractivity contribution in [2.24, 2.45) is 7.05 Å². The molecule has 3 heterocycles. The lowest BCUT2D eigenvalue weighted by atomic mass is 10.0. The molecule has 0 saturated heterocycles. The van der Waals surface area contributed by atoms with Gasteiger partial charge in [-0.25, -0.2) is 4.39 Å². The molecule has 3 aromatic heterocycles. The highest BCUT2D eigenvalue weighted by atomic mass is 35.5. The second kappa shape index (κ2) is 7.76. The lowest BCUT2D eigenvalue weighted by molar-refractivity contribution is 0.604.